The van der Waals surface area contributed by atoms with Crippen molar-refractivity contribution in [2.45, 2.75) is 26.2 Å². The highest BCUT2D eigenvalue weighted by atomic mass is 32.5. The van der Waals surface area contributed by atoms with Gasteiger partial charge in [-0.2, -0.15) is 0 Å². The molecule has 2 aromatic rings. The van der Waals surface area contributed by atoms with Gasteiger partial charge in [-0.3, -0.25) is 10.1 Å². The predicted molar refractivity (Wildman–Crippen MR) is 99.6 cm³/mol. The lowest BCUT2D eigenvalue weighted by Gasteiger charge is -2.23. The van der Waals surface area contributed by atoms with E-state index in [1.165, 1.54) is 12.1 Å². The van der Waals surface area contributed by atoms with Crippen molar-refractivity contribution < 1.29 is 14.0 Å². The van der Waals surface area contributed by atoms with Crippen molar-refractivity contribution in [2.24, 2.45) is 0 Å². The molecule has 0 amide bonds. The second-order valence-corrected chi connectivity index (χ2v) is 8.61. The summed E-state index contributed by atoms with van der Waals surface area (Å²) in [6, 6.07) is 15.4. The van der Waals surface area contributed by atoms with Crippen LogP contribution in [0.4, 0.5) is 5.69 Å². The fourth-order valence-corrected chi connectivity index (χ4v) is 4.53. The molecule has 1 unspecified atom stereocenters. The lowest BCUT2D eigenvalue weighted by atomic mass is 10.3. The minimum absolute atomic E-state index is 0.0132. The van der Waals surface area contributed by atoms with E-state index in [0.717, 1.165) is 24.6 Å². The number of non-ortho nitro benzene ring substituents is 1. The number of nitrogens with zero attached hydrogens (tertiary/aromatic N) is 1. The molecule has 0 aliphatic carbocycles. The van der Waals surface area contributed by atoms with Gasteiger partial charge in [-0.25, -0.2) is 0 Å². The lowest BCUT2D eigenvalue weighted by molar-refractivity contribution is -0.384. The summed E-state index contributed by atoms with van der Waals surface area (Å²) >= 11 is 5.72. The molecule has 0 radical (unpaired) electrons. The van der Waals surface area contributed by atoms with Crippen LogP contribution in [0.2, 0.25) is 0 Å². The monoisotopic (exact) mass is 365 g/mol. The Morgan fingerprint density at radius 1 is 1.08 bits per heavy atom. The van der Waals surface area contributed by atoms with E-state index in [2.05, 4.69) is 6.92 Å². The maximum atomic E-state index is 10.7. The number of hydrogen-bond donors (Lipinski definition) is 0. The number of hydrogen-bond acceptors (Lipinski definition) is 5. The molecular weight excluding hydrogens is 345 g/mol. The molecule has 1 atom stereocenters. The smallest absolute Gasteiger partial charge is 0.269 e. The van der Waals surface area contributed by atoms with Crippen LogP contribution < -0.4 is 9.83 Å². The van der Waals surface area contributed by atoms with Crippen LogP contribution in [0.25, 0.3) is 0 Å². The zero-order valence-corrected chi connectivity index (χ0v) is 15.2. The molecule has 0 saturated heterocycles. The van der Waals surface area contributed by atoms with Gasteiger partial charge >= 0.3 is 0 Å². The van der Waals surface area contributed by atoms with Gasteiger partial charge in [0.25, 0.3) is 12.2 Å². The molecule has 0 aliphatic heterocycles. The van der Waals surface area contributed by atoms with Gasteiger partial charge in [-0.05, 0) is 42.5 Å². The molecule has 0 aromatic heterocycles. The number of nitro benzene ring substituents is 1. The van der Waals surface area contributed by atoms with Crippen LogP contribution in [-0.4, -0.2) is 11.5 Å². The van der Waals surface area contributed by atoms with E-state index in [-0.39, 0.29) is 5.69 Å². The molecule has 0 bridgehead atoms. The molecule has 0 aliphatic rings. The topological polar surface area (TPSA) is 61.6 Å². The molecule has 2 aromatic carbocycles. The molecule has 0 N–H and O–H groups in total. The Balaban J connectivity index is 2.19. The van der Waals surface area contributed by atoms with Gasteiger partial charge in [-0.15, -0.1) is 0 Å². The van der Waals surface area contributed by atoms with Crippen LogP contribution in [0.5, 0.6) is 5.75 Å². The fourth-order valence-electron chi connectivity index (χ4n) is 2.07. The Morgan fingerprint density at radius 3 is 2.33 bits per heavy atom. The molecule has 0 saturated carbocycles. The van der Waals surface area contributed by atoms with Crippen LogP contribution >= 0.6 is 6.49 Å². The zero-order valence-electron chi connectivity index (χ0n) is 13.5. The number of rotatable bonds is 9. The first-order valence-electron chi connectivity index (χ1n) is 7.79. The summed E-state index contributed by atoms with van der Waals surface area (Å²) in [6.45, 7) is -0.0488. The Bertz CT molecular complexity index is 706. The quantitative estimate of drug-likeness (QED) is 0.276. The van der Waals surface area contributed by atoms with E-state index in [9.17, 15) is 10.1 Å². The summed E-state index contributed by atoms with van der Waals surface area (Å²) in [5.41, 5.74) is 0.0132. The van der Waals surface area contributed by atoms with Gasteiger partial charge in [0.2, 0.25) is 0 Å². The summed E-state index contributed by atoms with van der Waals surface area (Å²) in [7, 11) is 0. The third kappa shape index (κ3) is 5.13. The second-order valence-electron chi connectivity index (χ2n) is 5.22. The van der Waals surface area contributed by atoms with Crippen LogP contribution in [0.15, 0.2) is 54.6 Å². The molecular formula is C17H20NO4PS. The standard InChI is InChI=1S/C17H20NO4PS/c1-2-3-7-14-21-23(24,17-8-5-4-6-9-17)22-16-12-10-15(11-13-16)18(19)20/h4-6,8-13H,2-3,7,14H2,1H3. The first kappa shape index (κ1) is 18.6. The minimum Gasteiger partial charge on any atom is -0.440 e. The lowest BCUT2D eigenvalue weighted by Crippen LogP contribution is -2.12. The third-order valence-corrected chi connectivity index (χ3v) is 6.43. The van der Waals surface area contributed by atoms with Gasteiger partial charge < -0.3 is 9.05 Å². The molecule has 24 heavy (non-hydrogen) atoms. The first-order valence-corrected chi connectivity index (χ1v) is 10.4. The largest absolute Gasteiger partial charge is 0.440 e. The van der Waals surface area contributed by atoms with E-state index < -0.39 is 11.4 Å². The Morgan fingerprint density at radius 2 is 1.75 bits per heavy atom. The molecule has 128 valence electrons. The molecule has 0 fully saturated rings. The van der Waals surface area contributed by atoms with Crippen molar-refractivity contribution in [2.75, 3.05) is 6.61 Å². The SMILES string of the molecule is CCCCCOP(=S)(Oc1ccc([N+](=O)[O-])cc1)c1ccccc1. The highest BCUT2D eigenvalue weighted by Gasteiger charge is 2.23. The van der Waals surface area contributed by atoms with Crippen molar-refractivity contribution >= 4 is 29.3 Å². The van der Waals surface area contributed by atoms with Gasteiger partial charge in [0.05, 0.1) is 11.5 Å². The van der Waals surface area contributed by atoms with Crippen LogP contribution in [0, 0.1) is 10.1 Å². The summed E-state index contributed by atoms with van der Waals surface area (Å²) in [5.74, 6) is 0.475. The molecule has 5 nitrogen and oxygen atoms in total. The maximum Gasteiger partial charge on any atom is 0.269 e. The van der Waals surface area contributed by atoms with E-state index in [1.807, 2.05) is 30.3 Å². The van der Waals surface area contributed by atoms with E-state index >= 15 is 0 Å². The molecule has 7 heteroatoms. The summed E-state index contributed by atoms with van der Waals surface area (Å²) in [4.78, 5) is 10.3. The molecule has 0 heterocycles. The molecule has 0 spiro atoms. The highest BCUT2D eigenvalue weighted by Crippen LogP contribution is 2.48. The Labute approximate surface area is 146 Å². The van der Waals surface area contributed by atoms with Crippen LogP contribution in [0.3, 0.4) is 0 Å². The minimum atomic E-state index is -2.71. The van der Waals surface area contributed by atoms with Crippen molar-refractivity contribution in [1.29, 1.82) is 0 Å². The number of benzene rings is 2. The van der Waals surface area contributed by atoms with Gasteiger partial charge in [0, 0.05) is 17.4 Å². The zero-order chi connectivity index (χ0) is 17.4. The van der Waals surface area contributed by atoms with Crippen LogP contribution in [-0.2, 0) is 16.3 Å². The normalized spacial score (nSPS) is 13.2. The van der Waals surface area contributed by atoms with Crippen molar-refractivity contribution in [3.8, 4) is 5.75 Å². The molecule has 2 rings (SSSR count). The maximum absolute atomic E-state index is 10.7. The van der Waals surface area contributed by atoms with E-state index in [1.54, 1.807) is 12.1 Å². The van der Waals surface area contributed by atoms with Crippen molar-refractivity contribution in [3.05, 3.63) is 64.7 Å². The average molecular weight is 365 g/mol. The van der Waals surface area contributed by atoms with Crippen molar-refractivity contribution in [3.63, 3.8) is 0 Å². The van der Waals surface area contributed by atoms with Gasteiger partial charge in [0.15, 0.2) is 0 Å². The number of nitro groups is 1. The van der Waals surface area contributed by atoms with Crippen molar-refractivity contribution in [1.82, 2.24) is 0 Å². The second kappa shape index (κ2) is 8.92. The van der Waals surface area contributed by atoms with Gasteiger partial charge in [-0.1, -0.05) is 38.0 Å². The Hall–Kier alpha value is -1.75. The van der Waals surface area contributed by atoms with E-state index in [4.69, 9.17) is 20.9 Å². The van der Waals surface area contributed by atoms with Gasteiger partial charge in [0.1, 0.15) is 5.75 Å². The summed E-state index contributed by atoms with van der Waals surface area (Å²) in [6.07, 6.45) is 3.09. The van der Waals surface area contributed by atoms with E-state index in [0.29, 0.717) is 12.4 Å². The Kier molecular flexibility index (Phi) is 6.91. The first-order chi connectivity index (χ1) is 11.5. The summed E-state index contributed by atoms with van der Waals surface area (Å²) < 4.78 is 12.0. The predicted octanol–water partition coefficient (Wildman–Crippen LogP) is 4.82. The number of unbranched alkanes of at least 4 members (excludes halogenated alkanes) is 2. The highest BCUT2D eigenvalue weighted by molar-refractivity contribution is 8.13. The van der Waals surface area contributed by atoms with Crippen LogP contribution in [0.1, 0.15) is 26.2 Å². The third-order valence-electron chi connectivity index (χ3n) is 3.35. The summed E-state index contributed by atoms with van der Waals surface area (Å²) in [5, 5.41) is 11.6. The average Bonchev–Trinajstić information content (AvgIpc) is 2.60. The fraction of sp³-hybridized carbons (Fsp3) is 0.294.